The van der Waals surface area contributed by atoms with Crippen molar-refractivity contribution < 1.29 is 8.42 Å². The van der Waals surface area contributed by atoms with Gasteiger partial charge in [0.2, 0.25) is 0 Å². The molecule has 0 radical (unpaired) electrons. The number of fused-ring (bicyclic) bond motifs is 1. The lowest BCUT2D eigenvalue weighted by molar-refractivity contribution is 0.603. The van der Waals surface area contributed by atoms with E-state index >= 15 is 0 Å². The van der Waals surface area contributed by atoms with Crippen LogP contribution in [0.4, 0.5) is 5.69 Å². The highest BCUT2D eigenvalue weighted by molar-refractivity contribution is 7.94. The standard InChI is InChI=1S/C20H18ClN3O2S2/c1-24-17-5-3-2-4-16(17)22-19(24)12-8-14-6-9-15(10-7-14)23-28(25,26)20-13-11-18(21)27-20/h2-7,9-11,13,23H,8,12H2,1H3. The molecule has 144 valence electrons. The molecule has 0 aliphatic rings. The first-order valence-electron chi connectivity index (χ1n) is 8.70. The number of aromatic nitrogens is 2. The number of nitrogens with one attached hydrogen (secondary N) is 1. The number of rotatable bonds is 6. The van der Waals surface area contributed by atoms with Crippen LogP contribution in [0.25, 0.3) is 11.0 Å². The van der Waals surface area contributed by atoms with Crippen molar-refractivity contribution in [2.45, 2.75) is 17.1 Å². The Morgan fingerprint density at radius 2 is 1.79 bits per heavy atom. The topological polar surface area (TPSA) is 64.0 Å². The Morgan fingerprint density at radius 3 is 2.46 bits per heavy atom. The molecule has 0 saturated heterocycles. The third kappa shape index (κ3) is 3.92. The van der Waals surface area contributed by atoms with Crippen molar-refractivity contribution in [3.8, 4) is 0 Å². The lowest BCUT2D eigenvalue weighted by atomic mass is 10.1. The SMILES string of the molecule is Cn1c(CCc2ccc(NS(=O)(=O)c3ccc(Cl)s3)cc2)nc2ccccc21. The Kier molecular flexibility index (Phi) is 5.14. The molecule has 8 heteroatoms. The van der Waals surface area contributed by atoms with E-state index < -0.39 is 10.0 Å². The van der Waals surface area contributed by atoms with Crippen LogP contribution in [0.3, 0.4) is 0 Å². The molecule has 0 spiro atoms. The van der Waals surface area contributed by atoms with E-state index in [-0.39, 0.29) is 4.21 Å². The van der Waals surface area contributed by atoms with Crippen LogP contribution in [0, 0.1) is 0 Å². The van der Waals surface area contributed by atoms with Gasteiger partial charge >= 0.3 is 0 Å². The zero-order chi connectivity index (χ0) is 19.7. The highest BCUT2D eigenvalue weighted by atomic mass is 35.5. The number of nitrogens with zero attached hydrogens (tertiary/aromatic N) is 2. The van der Waals surface area contributed by atoms with Gasteiger partial charge in [0.1, 0.15) is 10.0 Å². The van der Waals surface area contributed by atoms with Crippen molar-refractivity contribution in [3.05, 3.63) is 76.4 Å². The lowest BCUT2D eigenvalue weighted by Crippen LogP contribution is -2.11. The maximum Gasteiger partial charge on any atom is 0.271 e. The van der Waals surface area contributed by atoms with Crippen LogP contribution in [-0.2, 0) is 29.9 Å². The predicted molar refractivity (Wildman–Crippen MR) is 115 cm³/mol. The van der Waals surface area contributed by atoms with E-state index in [4.69, 9.17) is 16.6 Å². The molecule has 28 heavy (non-hydrogen) atoms. The van der Waals surface area contributed by atoms with Gasteiger partial charge in [-0.25, -0.2) is 13.4 Å². The molecule has 0 unspecified atom stereocenters. The molecular weight excluding hydrogens is 414 g/mol. The number of aryl methyl sites for hydroxylation is 3. The van der Waals surface area contributed by atoms with Crippen LogP contribution in [-0.4, -0.2) is 18.0 Å². The van der Waals surface area contributed by atoms with Gasteiger partial charge in [0.25, 0.3) is 10.0 Å². The average Bonchev–Trinajstić information content (AvgIpc) is 3.26. The number of halogens is 1. The second-order valence-electron chi connectivity index (χ2n) is 6.44. The third-order valence-corrected chi connectivity index (χ3v) is 7.64. The van der Waals surface area contributed by atoms with Gasteiger partial charge in [0.15, 0.2) is 0 Å². The number of hydrogen-bond donors (Lipinski definition) is 1. The highest BCUT2D eigenvalue weighted by Gasteiger charge is 2.16. The zero-order valence-electron chi connectivity index (χ0n) is 15.1. The van der Waals surface area contributed by atoms with Crippen molar-refractivity contribution in [1.82, 2.24) is 9.55 Å². The van der Waals surface area contributed by atoms with E-state index in [1.165, 1.54) is 6.07 Å². The van der Waals surface area contributed by atoms with Crippen molar-refractivity contribution in [2.75, 3.05) is 4.72 Å². The first-order valence-corrected chi connectivity index (χ1v) is 11.4. The number of hydrogen-bond acceptors (Lipinski definition) is 4. The zero-order valence-corrected chi connectivity index (χ0v) is 17.5. The van der Waals surface area contributed by atoms with Gasteiger partial charge in [-0.2, -0.15) is 0 Å². The number of thiophene rings is 1. The lowest BCUT2D eigenvalue weighted by Gasteiger charge is -2.08. The smallest absolute Gasteiger partial charge is 0.271 e. The predicted octanol–water partition coefficient (Wildman–Crippen LogP) is 4.87. The number of anilines is 1. The highest BCUT2D eigenvalue weighted by Crippen LogP contribution is 2.27. The molecule has 0 aliphatic carbocycles. The summed E-state index contributed by atoms with van der Waals surface area (Å²) in [6, 6.07) is 18.6. The van der Waals surface area contributed by atoms with Gasteiger partial charge in [-0.3, -0.25) is 4.72 Å². The van der Waals surface area contributed by atoms with Crippen LogP contribution in [0.2, 0.25) is 4.34 Å². The summed E-state index contributed by atoms with van der Waals surface area (Å²) in [5, 5.41) is 0. The van der Waals surface area contributed by atoms with Crippen molar-refractivity contribution in [3.63, 3.8) is 0 Å². The molecule has 2 aromatic carbocycles. The summed E-state index contributed by atoms with van der Waals surface area (Å²) in [5.74, 6) is 1.03. The van der Waals surface area contributed by atoms with E-state index in [0.29, 0.717) is 10.0 Å². The Bertz CT molecular complexity index is 1230. The fourth-order valence-corrected chi connectivity index (χ4v) is 5.60. The monoisotopic (exact) mass is 431 g/mol. The molecule has 5 nitrogen and oxygen atoms in total. The van der Waals surface area contributed by atoms with Gasteiger partial charge in [-0.1, -0.05) is 35.9 Å². The van der Waals surface area contributed by atoms with E-state index in [2.05, 4.69) is 15.4 Å². The van der Waals surface area contributed by atoms with Gasteiger partial charge in [0.05, 0.1) is 15.4 Å². The molecular formula is C20H18ClN3O2S2. The minimum absolute atomic E-state index is 0.198. The molecule has 0 atom stereocenters. The van der Waals surface area contributed by atoms with E-state index in [9.17, 15) is 8.42 Å². The minimum Gasteiger partial charge on any atom is -0.331 e. The van der Waals surface area contributed by atoms with Gasteiger partial charge < -0.3 is 4.57 Å². The summed E-state index contributed by atoms with van der Waals surface area (Å²) < 4.78 is 30.1. The van der Waals surface area contributed by atoms with Gasteiger partial charge in [0, 0.05) is 19.2 Å². The van der Waals surface area contributed by atoms with E-state index in [1.807, 2.05) is 37.4 Å². The summed E-state index contributed by atoms with van der Waals surface area (Å²) in [5.41, 5.74) is 3.76. The van der Waals surface area contributed by atoms with Crippen LogP contribution in [0.15, 0.2) is 64.9 Å². The van der Waals surface area contributed by atoms with Gasteiger partial charge in [-0.15, -0.1) is 11.3 Å². The summed E-state index contributed by atoms with van der Waals surface area (Å²) in [6.45, 7) is 0. The summed E-state index contributed by atoms with van der Waals surface area (Å²) in [6.07, 6.45) is 1.63. The van der Waals surface area contributed by atoms with E-state index in [1.54, 1.807) is 18.2 Å². The maximum absolute atomic E-state index is 12.4. The van der Waals surface area contributed by atoms with Crippen molar-refractivity contribution >= 4 is 49.7 Å². The van der Waals surface area contributed by atoms with Crippen LogP contribution in [0.5, 0.6) is 0 Å². The summed E-state index contributed by atoms with van der Waals surface area (Å²) >= 11 is 6.86. The quantitative estimate of drug-likeness (QED) is 0.473. The molecule has 0 bridgehead atoms. The molecule has 1 N–H and O–H groups in total. The molecule has 0 aliphatic heterocycles. The third-order valence-electron chi connectivity index (χ3n) is 4.54. The molecule has 2 heterocycles. The molecule has 4 aromatic rings. The summed E-state index contributed by atoms with van der Waals surface area (Å²) in [7, 11) is -1.58. The fourth-order valence-electron chi connectivity index (χ4n) is 3.06. The Labute approximate surface area is 172 Å². The number of para-hydroxylation sites is 2. The van der Waals surface area contributed by atoms with Crippen LogP contribution in [0.1, 0.15) is 11.4 Å². The second-order valence-corrected chi connectivity index (χ2v) is 10.1. The maximum atomic E-state index is 12.4. The van der Waals surface area contributed by atoms with Crippen molar-refractivity contribution in [2.24, 2.45) is 7.05 Å². The Morgan fingerprint density at radius 1 is 1.04 bits per heavy atom. The van der Waals surface area contributed by atoms with Crippen LogP contribution >= 0.6 is 22.9 Å². The number of imidazole rings is 1. The molecule has 4 rings (SSSR count). The van der Waals surface area contributed by atoms with Gasteiger partial charge in [-0.05, 0) is 48.4 Å². The number of benzene rings is 2. The molecule has 2 aromatic heterocycles. The van der Waals surface area contributed by atoms with Crippen LogP contribution < -0.4 is 4.72 Å². The largest absolute Gasteiger partial charge is 0.331 e. The summed E-state index contributed by atoms with van der Waals surface area (Å²) in [4.78, 5) is 4.69. The Balaban J connectivity index is 1.44. The minimum atomic E-state index is -3.61. The van der Waals surface area contributed by atoms with Crippen molar-refractivity contribution in [1.29, 1.82) is 0 Å². The first kappa shape index (κ1) is 19.0. The molecule has 0 amide bonds. The normalized spacial score (nSPS) is 11.8. The molecule has 0 fully saturated rings. The fraction of sp³-hybridized carbons (Fsp3) is 0.150. The molecule has 0 saturated carbocycles. The number of sulfonamides is 1. The van der Waals surface area contributed by atoms with E-state index in [0.717, 1.165) is 46.6 Å². The Hall–Kier alpha value is -2.35. The second kappa shape index (κ2) is 7.58. The average molecular weight is 432 g/mol. The first-order chi connectivity index (χ1) is 13.4.